The standard InChI is InChI=1S/C25H27IN5O2/c32-22(14-30-10-8-18-3-1-2-4-19(18)13-30)15-31-17-28-24-6-5-20(11-23(24)25(31)33)29-21-7-9-26-16-27-12-21/h1-7,9,11-12,17,22,27,29,32H,8,10,13-16H2/q-1. The number of fused-ring (bicyclic) bond motifs is 2. The van der Waals surface area contributed by atoms with Gasteiger partial charge in [0.2, 0.25) is 0 Å². The number of β-amino-alcohol motifs (C(OH)–C–C–N with tert-alkyl or cyclic N) is 1. The number of rotatable bonds is 6. The van der Waals surface area contributed by atoms with E-state index in [0.29, 0.717) is 17.4 Å². The molecule has 7 nitrogen and oxygen atoms in total. The van der Waals surface area contributed by atoms with Crippen LogP contribution in [0.15, 0.2) is 75.6 Å². The van der Waals surface area contributed by atoms with E-state index in [-0.39, 0.29) is 33.3 Å². The first-order valence-electron chi connectivity index (χ1n) is 11.1. The summed E-state index contributed by atoms with van der Waals surface area (Å²) in [6.45, 7) is 2.49. The number of aliphatic hydroxyl groups is 1. The molecule has 0 amide bonds. The monoisotopic (exact) mass is 556 g/mol. The average molecular weight is 556 g/mol. The third kappa shape index (κ3) is 5.29. The Labute approximate surface area is 203 Å². The zero-order valence-electron chi connectivity index (χ0n) is 18.2. The SMILES string of the molecule is O=c1c2cc(NC3=CNC[I-]C=C3)ccc2ncn1CC(O)CN1CCc2ccccc2C1. The Morgan fingerprint density at radius 1 is 1.18 bits per heavy atom. The molecule has 5 rings (SSSR count). The van der Waals surface area contributed by atoms with Crippen LogP contribution in [0.25, 0.3) is 10.9 Å². The van der Waals surface area contributed by atoms with Crippen molar-refractivity contribution in [3.8, 4) is 0 Å². The molecule has 8 heteroatoms. The van der Waals surface area contributed by atoms with Crippen molar-refractivity contribution in [3.63, 3.8) is 0 Å². The number of halogens is 1. The van der Waals surface area contributed by atoms with Crippen molar-refractivity contribution in [2.75, 3.05) is 23.0 Å². The topological polar surface area (TPSA) is 82.4 Å². The number of nitrogens with zero attached hydrogens (tertiary/aromatic N) is 3. The number of anilines is 1. The van der Waals surface area contributed by atoms with Crippen molar-refractivity contribution in [1.29, 1.82) is 0 Å². The quantitative estimate of drug-likeness (QED) is 0.210. The smallest absolute Gasteiger partial charge is 0.296 e. The fraction of sp³-hybridized carbons (Fsp3) is 0.280. The molecular formula is C25H27IN5O2-. The van der Waals surface area contributed by atoms with E-state index in [9.17, 15) is 9.90 Å². The Balaban J connectivity index is 1.29. The molecule has 2 aliphatic rings. The Morgan fingerprint density at radius 3 is 2.97 bits per heavy atom. The van der Waals surface area contributed by atoms with Gasteiger partial charge in [-0.05, 0) is 17.5 Å². The maximum atomic E-state index is 13.2. The number of aliphatic hydroxyl groups excluding tert-OH is 1. The molecule has 0 radical (unpaired) electrons. The number of allylic oxidation sites excluding steroid dienone is 1. The number of benzene rings is 2. The van der Waals surface area contributed by atoms with Gasteiger partial charge in [0.1, 0.15) is 0 Å². The van der Waals surface area contributed by atoms with Gasteiger partial charge >= 0.3 is 144 Å². The third-order valence-corrected chi connectivity index (χ3v) is 7.69. The van der Waals surface area contributed by atoms with Gasteiger partial charge in [-0.3, -0.25) is 4.90 Å². The zero-order chi connectivity index (χ0) is 22.6. The minimum atomic E-state index is -0.649. The van der Waals surface area contributed by atoms with Crippen LogP contribution in [-0.2, 0) is 19.5 Å². The van der Waals surface area contributed by atoms with Crippen molar-refractivity contribution in [3.05, 3.63) is 92.3 Å². The van der Waals surface area contributed by atoms with E-state index in [1.54, 1.807) is 0 Å². The van der Waals surface area contributed by atoms with Gasteiger partial charge in [0.25, 0.3) is 0 Å². The van der Waals surface area contributed by atoms with Gasteiger partial charge in [0, 0.05) is 13.1 Å². The number of nitrogens with one attached hydrogen (secondary N) is 2. The number of hydrogen-bond acceptors (Lipinski definition) is 6. The summed E-state index contributed by atoms with van der Waals surface area (Å²) < 4.78 is 4.75. The fourth-order valence-corrected chi connectivity index (χ4v) is 5.67. The molecule has 1 unspecified atom stereocenters. The molecule has 33 heavy (non-hydrogen) atoms. The Bertz CT molecular complexity index is 1270. The first-order valence-corrected chi connectivity index (χ1v) is 13.8. The molecule has 0 saturated carbocycles. The number of aromatic nitrogens is 2. The van der Waals surface area contributed by atoms with E-state index < -0.39 is 6.10 Å². The molecule has 0 bridgehead atoms. The van der Waals surface area contributed by atoms with Crippen LogP contribution in [-0.4, -0.2) is 43.3 Å². The van der Waals surface area contributed by atoms with Crippen molar-refractivity contribution in [2.24, 2.45) is 0 Å². The molecule has 1 aromatic heterocycles. The van der Waals surface area contributed by atoms with E-state index in [1.807, 2.05) is 24.4 Å². The number of alkyl halides is 1. The third-order valence-electron chi connectivity index (χ3n) is 5.94. The maximum absolute atomic E-state index is 13.2. The van der Waals surface area contributed by atoms with E-state index in [4.69, 9.17) is 0 Å². The predicted octanol–water partition coefficient (Wildman–Crippen LogP) is -0.768. The van der Waals surface area contributed by atoms with Crippen LogP contribution in [0.5, 0.6) is 0 Å². The van der Waals surface area contributed by atoms with E-state index in [1.165, 1.54) is 22.0 Å². The predicted molar refractivity (Wildman–Crippen MR) is 126 cm³/mol. The van der Waals surface area contributed by atoms with Gasteiger partial charge in [0.15, 0.2) is 0 Å². The summed E-state index contributed by atoms with van der Waals surface area (Å²) in [5.41, 5.74) is 5.02. The van der Waals surface area contributed by atoms with Gasteiger partial charge in [-0.25, -0.2) is 0 Å². The van der Waals surface area contributed by atoms with Crippen LogP contribution < -0.4 is 37.4 Å². The average Bonchev–Trinajstić information content (AvgIpc) is 3.10. The normalized spacial score (nSPS) is 17.3. The summed E-state index contributed by atoms with van der Waals surface area (Å²) in [7, 11) is 0. The molecule has 3 heterocycles. The summed E-state index contributed by atoms with van der Waals surface area (Å²) >= 11 is 0.0420. The molecule has 0 fully saturated rings. The van der Waals surface area contributed by atoms with Gasteiger partial charge in [-0.2, -0.15) is 0 Å². The molecule has 0 saturated heterocycles. The molecule has 0 aliphatic carbocycles. The Morgan fingerprint density at radius 2 is 2.06 bits per heavy atom. The second kappa shape index (κ2) is 10.1. The first-order chi connectivity index (χ1) is 16.2. The zero-order valence-corrected chi connectivity index (χ0v) is 20.4. The van der Waals surface area contributed by atoms with Crippen molar-refractivity contribution >= 4 is 16.6 Å². The molecule has 172 valence electrons. The minimum Gasteiger partial charge on any atom is -0.296 e. The van der Waals surface area contributed by atoms with Gasteiger partial charge in [-0.1, -0.05) is 24.3 Å². The van der Waals surface area contributed by atoms with E-state index in [2.05, 4.69) is 54.9 Å². The van der Waals surface area contributed by atoms with Crippen LogP contribution in [0, 0.1) is 0 Å². The van der Waals surface area contributed by atoms with Crippen LogP contribution in [0.4, 0.5) is 5.69 Å². The second-order valence-electron chi connectivity index (χ2n) is 8.35. The molecule has 0 spiro atoms. The van der Waals surface area contributed by atoms with Gasteiger partial charge in [-0.15, -0.1) is 0 Å². The van der Waals surface area contributed by atoms with E-state index >= 15 is 0 Å². The Hall–Kier alpha value is -2.69. The summed E-state index contributed by atoms with van der Waals surface area (Å²) in [5, 5.41) is 17.9. The van der Waals surface area contributed by atoms with Crippen molar-refractivity contribution in [1.82, 2.24) is 19.8 Å². The van der Waals surface area contributed by atoms with Gasteiger partial charge in [0.05, 0.1) is 0 Å². The Kier molecular flexibility index (Phi) is 6.75. The number of hydrogen-bond donors (Lipinski definition) is 3. The molecule has 1 atom stereocenters. The molecule has 2 aliphatic heterocycles. The summed E-state index contributed by atoms with van der Waals surface area (Å²) in [5.74, 6) is 0. The van der Waals surface area contributed by atoms with Crippen molar-refractivity contribution in [2.45, 2.75) is 25.6 Å². The van der Waals surface area contributed by atoms with Crippen LogP contribution in [0.1, 0.15) is 11.1 Å². The summed E-state index contributed by atoms with van der Waals surface area (Å²) in [6.07, 6.45) is 5.91. The molecule has 2 aromatic carbocycles. The first kappa shape index (κ1) is 22.1. The molecule has 3 N–H and O–H groups in total. The molecule has 3 aromatic rings. The van der Waals surface area contributed by atoms with Crippen LogP contribution in [0.3, 0.4) is 0 Å². The second-order valence-corrected chi connectivity index (χ2v) is 10.7. The van der Waals surface area contributed by atoms with Crippen molar-refractivity contribution < 1.29 is 26.3 Å². The summed E-state index contributed by atoms with van der Waals surface area (Å²) in [4.78, 5) is 19.9. The van der Waals surface area contributed by atoms with Crippen LogP contribution >= 0.6 is 0 Å². The van der Waals surface area contributed by atoms with Gasteiger partial charge < -0.3 is 0 Å². The summed E-state index contributed by atoms with van der Waals surface area (Å²) in [6, 6.07) is 14.1. The minimum absolute atomic E-state index is 0.0420. The van der Waals surface area contributed by atoms with E-state index in [0.717, 1.165) is 35.4 Å². The fourth-order valence-electron chi connectivity index (χ4n) is 4.30. The van der Waals surface area contributed by atoms with Crippen LogP contribution in [0.2, 0.25) is 0 Å². The molecular weight excluding hydrogens is 529 g/mol.